The predicted octanol–water partition coefficient (Wildman–Crippen LogP) is 2.23. The fraction of sp³-hybridized carbons (Fsp3) is 0. The average Bonchev–Trinajstić information content (AvgIpc) is 2.17. The summed E-state index contributed by atoms with van der Waals surface area (Å²) in [7, 11) is 0. The molecule has 2 aromatic rings. The summed E-state index contributed by atoms with van der Waals surface area (Å²) in [6.07, 6.45) is 3.17. The Bertz CT molecular complexity index is 467. The minimum Gasteiger partial charge on any atom is -0.264 e. The Morgan fingerprint density at radius 3 is 2.92 bits per heavy atom. The predicted molar refractivity (Wildman–Crippen MR) is 49.3 cm³/mol. The maximum Gasteiger partial charge on any atom is 0.231 e. The number of rotatable bonds is 1. The van der Waals surface area contributed by atoms with E-state index in [0.29, 0.717) is 5.39 Å². The monoisotopic (exact) mass is 195 g/mol. The molecule has 1 aromatic heterocycles. The summed E-state index contributed by atoms with van der Waals surface area (Å²) in [6.45, 7) is 0. The van der Waals surface area contributed by atoms with Crippen LogP contribution in [0, 0.1) is 0 Å². The van der Waals surface area contributed by atoms with Crippen LogP contribution < -0.4 is 0 Å². The zero-order valence-electron chi connectivity index (χ0n) is 6.61. The molecule has 2 nitrogen and oxygen atoms in total. The zero-order chi connectivity index (χ0) is 9.26. The Hall–Kier alpha value is -1.29. The topological polar surface area (TPSA) is 30.0 Å². The van der Waals surface area contributed by atoms with Crippen molar-refractivity contribution in [3.05, 3.63) is 36.7 Å². The molecule has 0 aliphatic rings. The molecule has 4 heteroatoms. The number of fused-ring (bicyclic) bond motifs is 1. The Morgan fingerprint density at radius 2 is 2.15 bits per heavy atom. The first-order valence-electron chi connectivity index (χ1n) is 3.70. The van der Waals surface area contributed by atoms with Gasteiger partial charge in [0.1, 0.15) is 0 Å². The van der Waals surface area contributed by atoms with E-state index in [1.54, 1.807) is 30.6 Å². The molecule has 0 amide bonds. The van der Waals surface area contributed by atoms with E-state index in [2.05, 4.69) is 4.98 Å². The lowest BCUT2D eigenvalue weighted by molar-refractivity contribution is 0.650. The van der Waals surface area contributed by atoms with Crippen molar-refractivity contribution < 1.29 is 8.09 Å². The van der Waals surface area contributed by atoms with E-state index in [1.807, 2.05) is 0 Å². The van der Waals surface area contributed by atoms with Crippen molar-refractivity contribution in [3.63, 3.8) is 0 Å². The summed E-state index contributed by atoms with van der Waals surface area (Å²) >= 11 is -2.43. The first-order chi connectivity index (χ1) is 6.29. The summed E-state index contributed by atoms with van der Waals surface area (Å²) in [5.41, 5.74) is 0. The third kappa shape index (κ3) is 1.45. The van der Waals surface area contributed by atoms with Crippen molar-refractivity contribution in [2.24, 2.45) is 0 Å². The van der Waals surface area contributed by atoms with Crippen LogP contribution in [0.5, 0.6) is 0 Å². The van der Waals surface area contributed by atoms with Gasteiger partial charge in [-0.2, -0.15) is 0 Å². The summed E-state index contributed by atoms with van der Waals surface area (Å²) in [5, 5.41) is 1.45. The van der Waals surface area contributed by atoms with E-state index in [-0.39, 0.29) is 4.90 Å². The molecule has 0 spiro atoms. The molecular formula is C9H6FNOS. The van der Waals surface area contributed by atoms with Crippen LogP contribution >= 0.6 is 0 Å². The molecule has 0 N–H and O–H groups in total. The van der Waals surface area contributed by atoms with Gasteiger partial charge in [-0.3, -0.25) is 4.98 Å². The third-order valence-corrected chi connectivity index (χ3v) is 2.52. The fourth-order valence-corrected chi connectivity index (χ4v) is 1.78. The van der Waals surface area contributed by atoms with Gasteiger partial charge in [0.15, 0.2) is 0 Å². The van der Waals surface area contributed by atoms with Crippen LogP contribution in [-0.4, -0.2) is 9.19 Å². The molecule has 13 heavy (non-hydrogen) atoms. The molecule has 1 aromatic carbocycles. The fourth-order valence-electron chi connectivity index (χ4n) is 1.23. The van der Waals surface area contributed by atoms with Crippen molar-refractivity contribution in [2.75, 3.05) is 0 Å². The largest absolute Gasteiger partial charge is 0.264 e. The molecular weight excluding hydrogens is 189 g/mol. The molecule has 0 saturated heterocycles. The lowest BCUT2D eigenvalue weighted by atomic mass is 10.2. The minimum atomic E-state index is -2.43. The van der Waals surface area contributed by atoms with Gasteiger partial charge in [-0.1, -0.05) is 12.1 Å². The maximum absolute atomic E-state index is 12.6. The summed E-state index contributed by atoms with van der Waals surface area (Å²) in [4.78, 5) is 4.10. The molecule has 2 rings (SSSR count). The number of nitrogens with zero attached hydrogens (tertiary/aromatic N) is 1. The van der Waals surface area contributed by atoms with Crippen LogP contribution in [0.15, 0.2) is 41.6 Å². The second-order valence-electron chi connectivity index (χ2n) is 2.58. The van der Waals surface area contributed by atoms with E-state index in [1.165, 1.54) is 6.07 Å². The standard InChI is InChI=1S/C9H6FNOS/c10-13(12)9-3-1-2-7-6-11-5-4-8(7)9/h1-6H. The third-order valence-electron chi connectivity index (χ3n) is 1.81. The Morgan fingerprint density at radius 1 is 1.31 bits per heavy atom. The van der Waals surface area contributed by atoms with Crippen LogP contribution in [0.25, 0.3) is 10.8 Å². The van der Waals surface area contributed by atoms with Gasteiger partial charge in [0, 0.05) is 23.2 Å². The molecule has 0 radical (unpaired) electrons. The Labute approximate surface area is 77.2 Å². The molecule has 1 heterocycles. The first kappa shape index (κ1) is 8.31. The van der Waals surface area contributed by atoms with Gasteiger partial charge < -0.3 is 0 Å². The normalized spacial score (nSPS) is 13.0. The van der Waals surface area contributed by atoms with Gasteiger partial charge in [-0.05, 0) is 12.1 Å². The minimum absolute atomic E-state index is 0.208. The van der Waals surface area contributed by atoms with E-state index in [0.717, 1.165) is 5.39 Å². The second-order valence-corrected chi connectivity index (χ2v) is 3.46. The molecule has 1 atom stereocenters. The maximum atomic E-state index is 12.6. The van der Waals surface area contributed by atoms with Crippen LogP contribution in [-0.2, 0) is 11.2 Å². The molecule has 0 bridgehead atoms. The SMILES string of the molecule is O=S(F)c1cccc2cnccc12. The summed E-state index contributed by atoms with van der Waals surface area (Å²) < 4.78 is 23.3. The van der Waals surface area contributed by atoms with E-state index in [9.17, 15) is 8.09 Å². The molecule has 1 unspecified atom stereocenters. The highest BCUT2D eigenvalue weighted by Gasteiger charge is 2.05. The van der Waals surface area contributed by atoms with E-state index >= 15 is 0 Å². The van der Waals surface area contributed by atoms with E-state index in [4.69, 9.17) is 0 Å². The number of aromatic nitrogens is 1. The van der Waals surface area contributed by atoms with Gasteiger partial charge in [-0.25, -0.2) is 4.21 Å². The van der Waals surface area contributed by atoms with Gasteiger partial charge in [-0.15, -0.1) is 3.89 Å². The number of benzene rings is 1. The van der Waals surface area contributed by atoms with Crippen molar-refractivity contribution in [1.29, 1.82) is 0 Å². The zero-order valence-corrected chi connectivity index (χ0v) is 7.42. The highest BCUT2D eigenvalue weighted by Crippen LogP contribution is 2.20. The van der Waals surface area contributed by atoms with Gasteiger partial charge in [0.2, 0.25) is 11.2 Å². The van der Waals surface area contributed by atoms with Crippen LogP contribution in [0.4, 0.5) is 3.89 Å². The Kier molecular flexibility index (Phi) is 2.06. The lowest BCUT2D eigenvalue weighted by Gasteiger charge is -1.99. The number of hydrogen-bond donors (Lipinski definition) is 0. The van der Waals surface area contributed by atoms with Crippen LogP contribution in [0.2, 0.25) is 0 Å². The smallest absolute Gasteiger partial charge is 0.231 e. The number of pyridine rings is 1. The second kappa shape index (κ2) is 3.22. The number of halogens is 1. The quantitative estimate of drug-likeness (QED) is 0.653. The van der Waals surface area contributed by atoms with Crippen molar-refractivity contribution in [3.8, 4) is 0 Å². The highest BCUT2D eigenvalue weighted by atomic mass is 32.2. The van der Waals surface area contributed by atoms with Gasteiger partial charge in [0.05, 0.1) is 4.90 Å². The molecule has 66 valence electrons. The molecule has 0 saturated carbocycles. The van der Waals surface area contributed by atoms with Crippen molar-refractivity contribution in [1.82, 2.24) is 4.98 Å². The lowest BCUT2D eigenvalue weighted by Crippen LogP contribution is -1.85. The summed E-state index contributed by atoms with van der Waals surface area (Å²) in [6, 6.07) is 6.64. The van der Waals surface area contributed by atoms with E-state index < -0.39 is 11.2 Å². The van der Waals surface area contributed by atoms with Crippen molar-refractivity contribution >= 4 is 22.0 Å². The first-order valence-corrected chi connectivity index (χ1v) is 4.75. The number of hydrogen-bond acceptors (Lipinski definition) is 2. The molecule has 0 aliphatic carbocycles. The van der Waals surface area contributed by atoms with Crippen LogP contribution in [0.3, 0.4) is 0 Å². The van der Waals surface area contributed by atoms with Gasteiger partial charge in [0.25, 0.3) is 0 Å². The molecule has 0 aliphatic heterocycles. The Balaban J connectivity index is 2.83. The van der Waals surface area contributed by atoms with Crippen LogP contribution in [0.1, 0.15) is 0 Å². The highest BCUT2D eigenvalue weighted by molar-refractivity contribution is 7.80. The molecule has 0 fully saturated rings. The average molecular weight is 195 g/mol. The van der Waals surface area contributed by atoms with Crippen molar-refractivity contribution in [2.45, 2.75) is 4.90 Å². The van der Waals surface area contributed by atoms with Gasteiger partial charge >= 0.3 is 0 Å². The summed E-state index contributed by atoms with van der Waals surface area (Å²) in [5.74, 6) is 0.